The Morgan fingerprint density at radius 1 is 1.04 bits per heavy atom. The number of rotatable bonds is 5. The fourth-order valence-electron chi connectivity index (χ4n) is 3.12. The molecule has 1 heterocycles. The van der Waals surface area contributed by atoms with Gasteiger partial charge in [-0.15, -0.1) is 0 Å². The van der Waals surface area contributed by atoms with E-state index in [0.29, 0.717) is 6.61 Å². The van der Waals surface area contributed by atoms with Gasteiger partial charge in [0.2, 0.25) is 0 Å². The summed E-state index contributed by atoms with van der Waals surface area (Å²) in [6.07, 6.45) is 2.41. The van der Waals surface area contributed by atoms with Gasteiger partial charge in [0.05, 0.1) is 6.04 Å². The van der Waals surface area contributed by atoms with Crippen LogP contribution in [-0.4, -0.2) is 28.7 Å². The van der Waals surface area contributed by atoms with Crippen molar-refractivity contribution >= 4 is 0 Å². The van der Waals surface area contributed by atoms with Gasteiger partial charge in [-0.2, -0.15) is 0 Å². The molecule has 1 saturated heterocycles. The molecule has 26 heavy (non-hydrogen) atoms. The van der Waals surface area contributed by atoms with E-state index in [2.05, 4.69) is 41.0 Å². The highest BCUT2D eigenvalue weighted by molar-refractivity contribution is 5.34. The molecule has 0 aromatic heterocycles. The largest absolute Gasteiger partial charge is 0.489 e. The number of benzene rings is 2. The van der Waals surface area contributed by atoms with E-state index in [-0.39, 0.29) is 6.04 Å². The minimum Gasteiger partial charge on any atom is -0.489 e. The SMILES string of the molecule is CC(C)(O)C#C[C@H](c1ccc(OCc2ccccc2)cc1)N1CCCC1. The molecular weight excluding hydrogens is 322 g/mol. The lowest BCUT2D eigenvalue weighted by Crippen LogP contribution is -2.25. The molecule has 0 radical (unpaired) electrons. The number of hydrogen-bond acceptors (Lipinski definition) is 3. The van der Waals surface area contributed by atoms with Gasteiger partial charge in [0.1, 0.15) is 18.0 Å². The first kappa shape index (κ1) is 18.5. The Bertz CT molecular complexity index is 745. The van der Waals surface area contributed by atoms with E-state index in [1.165, 1.54) is 12.8 Å². The second-order valence-electron chi connectivity index (χ2n) is 7.32. The molecule has 1 fully saturated rings. The molecule has 136 valence electrons. The van der Waals surface area contributed by atoms with E-state index < -0.39 is 5.60 Å². The quantitative estimate of drug-likeness (QED) is 0.822. The summed E-state index contributed by atoms with van der Waals surface area (Å²) in [5, 5.41) is 9.97. The van der Waals surface area contributed by atoms with E-state index in [1.807, 2.05) is 30.3 Å². The van der Waals surface area contributed by atoms with Crippen LogP contribution in [0.25, 0.3) is 0 Å². The summed E-state index contributed by atoms with van der Waals surface area (Å²) in [5.41, 5.74) is 1.33. The van der Waals surface area contributed by atoms with Crippen LogP contribution in [0.3, 0.4) is 0 Å². The summed E-state index contributed by atoms with van der Waals surface area (Å²) >= 11 is 0. The van der Waals surface area contributed by atoms with Crippen molar-refractivity contribution in [3.8, 4) is 17.6 Å². The van der Waals surface area contributed by atoms with E-state index in [4.69, 9.17) is 4.74 Å². The molecule has 1 N–H and O–H groups in total. The maximum absolute atomic E-state index is 9.97. The van der Waals surface area contributed by atoms with Crippen LogP contribution in [0.4, 0.5) is 0 Å². The first-order valence-corrected chi connectivity index (χ1v) is 9.27. The zero-order valence-corrected chi connectivity index (χ0v) is 15.6. The van der Waals surface area contributed by atoms with Crippen LogP contribution in [0, 0.1) is 11.8 Å². The van der Waals surface area contributed by atoms with Crippen molar-refractivity contribution in [2.24, 2.45) is 0 Å². The zero-order valence-electron chi connectivity index (χ0n) is 15.6. The summed E-state index contributed by atoms with van der Waals surface area (Å²) < 4.78 is 5.88. The molecule has 3 nitrogen and oxygen atoms in total. The van der Waals surface area contributed by atoms with Gasteiger partial charge >= 0.3 is 0 Å². The van der Waals surface area contributed by atoms with Gasteiger partial charge in [-0.05, 0) is 63.0 Å². The molecule has 0 saturated carbocycles. The highest BCUT2D eigenvalue weighted by Gasteiger charge is 2.22. The highest BCUT2D eigenvalue weighted by atomic mass is 16.5. The minimum absolute atomic E-state index is 0.0205. The van der Waals surface area contributed by atoms with E-state index in [9.17, 15) is 5.11 Å². The Morgan fingerprint density at radius 2 is 1.69 bits per heavy atom. The Kier molecular flexibility index (Phi) is 5.98. The van der Waals surface area contributed by atoms with Crippen molar-refractivity contribution in [3.05, 3.63) is 65.7 Å². The van der Waals surface area contributed by atoms with Crippen LogP contribution < -0.4 is 4.74 Å². The van der Waals surface area contributed by atoms with Crippen molar-refractivity contribution in [3.63, 3.8) is 0 Å². The van der Waals surface area contributed by atoms with Gasteiger partial charge in [0.25, 0.3) is 0 Å². The summed E-state index contributed by atoms with van der Waals surface area (Å²) in [6, 6.07) is 18.4. The maximum atomic E-state index is 9.97. The van der Waals surface area contributed by atoms with Gasteiger partial charge in [0, 0.05) is 0 Å². The number of nitrogens with zero attached hydrogens (tertiary/aromatic N) is 1. The molecule has 0 bridgehead atoms. The Balaban J connectivity index is 1.71. The Labute approximate surface area is 156 Å². The molecule has 2 aromatic rings. The Morgan fingerprint density at radius 3 is 2.31 bits per heavy atom. The molecule has 0 spiro atoms. The van der Waals surface area contributed by atoms with Crippen LogP contribution in [0.5, 0.6) is 5.75 Å². The molecule has 0 amide bonds. The zero-order chi connectivity index (χ0) is 18.4. The molecule has 1 aliphatic heterocycles. The topological polar surface area (TPSA) is 32.7 Å². The number of aliphatic hydroxyl groups is 1. The van der Waals surface area contributed by atoms with Crippen molar-refractivity contribution in [2.75, 3.05) is 13.1 Å². The van der Waals surface area contributed by atoms with Gasteiger partial charge in [-0.3, -0.25) is 4.90 Å². The van der Waals surface area contributed by atoms with Crippen molar-refractivity contribution in [2.45, 2.75) is 44.9 Å². The average Bonchev–Trinajstić information content (AvgIpc) is 3.15. The Hall–Kier alpha value is -2.28. The van der Waals surface area contributed by atoms with Crippen LogP contribution >= 0.6 is 0 Å². The molecule has 0 unspecified atom stereocenters. The first-order valence-electron chi connectivity index (χ1n) is 9.27. The molecular formula is C23H27NO2. The summed E-state index contributed by atoms with van der Waals surface area (Å²) in [6.45, 7) is 6.12. The lowest BCUT2D eigenvalue weighted by molar-refractivity contribution is 0.143. The summed E-state index contributed by atoms with van der Waals surface area (Å²) in [4.78, 5) is 2.39. The van der Waals surface area contributed by atoms with Gasteiger partial charge < -0.3 is 9.84 Å². The molecule has 3 rings (SSSR count). The second kappa shape index (κ2) is 8.40. The fourth-order valence-corrected chi connectivity index (χ4v) is 3.12. The lowest BCUT2D eigenvalue weighted by atomic mass is 10.0. The minimum atomic E-state index is -0.975. The van der Waals surface area contributed by atoms with Gasteiger partial charge in [-0.1, -0.05) is 54.3 Å². The van der Waals surface area contributed by atoms with Crippen molar-refractivity contribution < 1.29 is 9.84 Å². The third-order valence-electron chi connectivity index (χ3n) is 4.46. The molecule has 0 aliphatic carbocycles. The van der Waals surface area contributed by atoms with E-state index >= 15 is 0 Å². The third kappa shape index (κ3) is 5.36. The smallest absolute Gasteiger partial charge is 0.120 e. The third-order valence-corrected chi connectivity index (χ3v) is 4.46. The lowest BCUT2D eigenvalue weighted by Gasteiger charge is -2.24. The second-order valence-corrected chi connectivity index (χ2v) is 7.32. The van der Waals surface area contributed by atoms with Gasteiger partial charge in [-0.25, -0.2) is 0 Å². The van der Waals surface area contributed by atoms with Crippen LogP contribution in [0.15, 0.2) is 54.6 Å². The van der Waals surface area contributed by atoms with Crippen LogP contribution in [-0.2, 0) is 6.61 Å². The normalized spacial score (nSPS) is 16.0. The van der Waals surface area contributed by atoms with Crippen molar-refractivity contribution in [1.82, 2.24) is 4.90 Å². The standard InChI is InChI=1S/C23H27NO2/c1-23(2,25)15-14-22(24-16-6-7-17-24)20-10-12-21(13-11-20)26-18-19-8-4-3-5-9-19/h3-5,8-13,22,25H,6-7,16-18H2,1-2H3/t22-/m1/s1. The van der Waals surface area contributed by atoms with Gasteiger partial charge in [0.15, 0.2) is 0 Å². The number of likely N-dealkylation sites (tertiary alicyclic amines) is 1. The fraction of sp³-hybridized carbons (Fsp3) is 0.391. The summed E-state index contributed by atoms with van der Waals surface area (Å²) in [7, 11) is 0. The molecule has 1 aliphatic rings. The molecule has 1 atom stereocenters. The van der Waals surface area contributed by atoms with E-state index in [1.54, 1.807) is 13.8 Å². The predicted octanol–water partition coefficient (Wildman–Crippen LogP) is 4.18. The predicted molar refractivity (Wildman–Crippen MR) is 105 cm³/mol. The molecule has 3 heteroatoms. The number of ether oxygens (including phenoxy) is 1. The monoisotopic (exact) mass is 349 g/mol. The summed E-state index contributed by atoms with van der Waals surface area (Å²) in [5.74, 6) is 7.13. The first-order chi connectivity index (χ1) is 12.5. The highest BCUT2D eigenvalue weighted by Crippen LogP contribution is 2.26. The van der Waals surface area contributed by atoms with Crippen LogP contribution in [0.1, 0.15) is 43.9 Å². The average molecular weight is 349 g/mol. The maximum Gasteiger partial charge on any atom is 0.120 e. The van der Waals surface area contributed by atoms with Crippen LogP contribution in [0.2, 0.25) is 0 Å². The van der Waals surface area contributed by atoms with Crippen molar-refractivity contribution in [1.29, 1.82) is 0 Å². The van der Waals surface area contributed by atoms with E-state index in [0.717, 1.165) is 30.0 Å². The number of hydrogen-bond donors (Lipinski definition) is 1. The molecule has 2 aromatic carbocycles.